The molecule has 0 spiro atoms. The minimum absolute atomic E-state index is 0.214. The number of carboxylic acids is 1. The second-order valence-corrected chi connectivity index (χ2v) is 3.45. The van der Waals surface area contributed by atoms with Gasteiger partial charge in [-0.3, -0.25) is 4.79 Å². The fraction of sp³-hybridized carbons (Fsp3) is 0.583. The van der Waals surface area contributed by atoms with Gasteiger partial charge in [-0.2, -0.15) is 0 Å². The average Bonchev–Trinajstić information content (AvgIpc) is 2.31. The molecule has 0 fully saturated rings. The Balaban J connectivity index is 3.43. The minimum Gasteiger partial charge on any atom is -0.478 e. The molecule has 0 amide bonds. The molecule has 0 aliphatic heterocycles. The monoisotopic (exact) mass is 258 g/mol. The van der Waals surface area contributed by atoms with Crippen molar-refractivity contribution in [3.05, 3.63) is 12.2 Å². The van der Waals surface area contributed by atoms with Gasteiger partial charge in [-0.25, -0.2) is 9.59 Å². The van der Waals surface area contributed by atoms with Gasteiger partial charge in [0.05, 0.1) is 13.2 Å². The highest BCUT2D eigenvalue weighted by Gasteiger charge is 2.01. The van der Waals surface area contributed by atoms with Crippen molar-refractivity contribution >= 4 is 17.9 Å². The van der Waals surface area contributed by atoms with Crippen LogP contribution in [-0.2, 0) is 23.9 Å². The van der Waals surface area contributed by atoms with Gasteiger partial charge in [0.15, 0.2) is 0 Å². The molecule has 0 aliphatic carbocycles. The number of carboxylic acid groups (broad SMARTS) is 1. The average molecular weight is 258 g/mol. The Morgan fingerprint density at radius 3 is 2.39 bits per heavy atom. The van der Waals surface area contributed by atoms with E-state index in [4.69, 9.17) is 14.6 Å². The quantitative estimate of drug-likeness (QED) is 0.381. The molecule has 0 aliphatic rings. The Morgan fingerprint density at radius 2 is 1.78 bits per heavy atom. The lowest BCUT2D eigenvalue weighted by atomic mass is 10.2. The first-order chi connectivity index (χ1) is 8.56. The van der Waals surface area contributed by atoms with Crippen LogP contribution in [0.15, 0.2) is 12.2 Å². The summed E-state index contributed by atoms with van der Waals surface area (Å²) >= 11 is 0. The molecule has 0 atom stereocenters. The smallest absolute Gasteiger partial charge is 0.331 e. The molecule has 0 aromatic heterocycles. The summed E-state index contributed by atoms with van der Waals surface area (Å²) in [5.41, 5.74) is 0. The van der Waals surface area contributed by atoms with Crippen molar-refractivity contribution in [2.45, 2.75) is 32.6 Å². The molecule has 0 rings (SSSR count). The second-order valence-electron chi connectivity index (χ2n) is 3.45. The highest BCUT2D eigenvalue weighted by atomic mass is 16.5. The molecule has 0 bridgehead atoms. The Labute approximate surface area is 106 Å². The van der Waals surface area contributed by atoms with E-state index in [0.29, 0.717) is 25.9 Å². The van der Waals surface area contributed by atoms with Crippen molar-refractivity contribution in [2.75, 3.05) is 13.2 Å². The van der Waals surface area contributed by atoms with E-state index in [1.807, 2.05) is 0 Å². The van der Waals surface area contributed by atoms with Gasteiger partial charge in [0.2, 0.25) is 0 Å². The first kappa shape index (κ1) is 16.1. The van der Waals surface area contributed by atoms with Gasteiger partial charge in [-0.05, 0) is 26.2 Å². The highest BCUT2D eigenvalue weighted by Crippen LogP contribution is 2.02. The number of rotatable bonds is 9. The molecular formula is C12H18O6. The molecule has 0 radical (unpaired) electrons. The fourth-order valence-corrected chi connectivity index (χ4v) is 1.14. The maximum absolute atomic E-state index is 11.0. The molecule has 6 heteroatoms. The van der Waals surface area contributed by atoms with Crippen LogP contribution in [-0.4, -0.2) is 36.2 Å². The number of hydrogen-bond donors (Lipinski definition) is 1. The molecule has 0 saturated heterocycles. The van der Waals surface area contributed by atoms with E-state index in [1.54, 1.807) is 6.92 Å². The lowest BCUT2D eigenvalue weighted by Gasteiger charge is -2.02. The van der Waals surface area contributed by atoms with E-state index in [2.05, 4.69) is 0 Å². The van der Waals surface area contributed by atoms with Crippen molar-refractivity contribution in [1.82, 2.24) is 0 Å². The van der Waals surface area contributed by atoms with E-state index in [-0.39, 0.29) is 12.6 Å². The van der Waals surface area contributed by atoms with Crippen molar-refractivity contribution < 1.29 is 29.0 Å². The summed E-state index contributed by atoms with van der Waals surface area (Å²) in [5, 5.41) is 8.26. The van der Waals surface area contributed by atoms with Crippen LogP contribution in [0.3, 0.4) is 0 Å². The maximum Gasteiger partial charge on any atom is 0.331 e. The standard InChI is InChI=1S/C12H18O6/c1-2-17-11(15)6-4-3-5-9-18-12(16)8-7-10(13)14/h7-8H,2-6,9H2,1H3,(H,13,14)/b8-7+. The fourth-order valence-electron chi connectivity index (χ4n) is 1.14. The predicted octanol–water partition coefficient (Wildman–Crippen LogP) is 1.29. The Morgan fingerprint density at radius 1 is 1.06 bits per heavy atom. The minimum atomic E-state index is -1.19. The van der Waals surface area contributed by atoms with Crippen LogP contribution in [0.1, 0.15) is 32.6 Å². The molecule has 18 heavy (non-hydrogen) atoms. The largest absolute Gasteiger partial charge is 0.478 e. The lowest BCUT2D eigenvalue weighted by Crippen LogP contribution is -2.05. The SMILES string of the molecule is CCOC(=O)CCCCCOC(=O)/C=C/C(=O)O. The summed E-state index contributed by atoms with van der Waals surface area (Å²) in [6, 6.07) is 0. The summed E-state index contributed by atoms with van der Waals surface area (Å²) in [6.45, 7) is 2.35. The Hall–Kier alpha value is -1.85. The molecule has 0 saturated carbocycles. The van der Waals surface area contributed by atoms with E-state index >= 15 is 0 Å². The van der Waals surface area contributed by atoms with Crippen LogP contribution in [0.2, 0.25) is 0 Å². The highest BCUT2D eigenvalue weighted by molar-refractivity contribution is 5.90. The number of unbranched alkanes of at least 4 members (excludes halogenated alkanes) is 2. The summed E-state index contributed by atoms with van der Waals surface area (Å²) in [4.78, 5) is 32.0. The van der Waals surface area contributed by atoms with E-state index in [1.165, 1.54) is 0 Å². The zero-order chi connectivity index (χ0) is 13.8. The number of esters is 2. The molecule has 0 aromatic carbocycles. The van der Waals surface area contributed by atoms with Crippen LogP contribution in [0.25, 0.3) is 0 Å². The van der Waals surface area contributed by atoms with Crippen LogP contribution in [0.4, 0.5) is 0 Å². The molecule has 6 nitrogen and oxygen atoms in total. The molecule has 0 heterocycles. The van der Waals surface area contributed by atoms with Gasteiger partial charge in [-0.15, -0.1) is 0 Å². The number of hydrogen-bond acceptors (Lipinski definition) is 5. The van der Waals surface area contributed by atoms with Gasteiger partial charge < -0.3 is 14.6 Å². The van der Waals surface area contributed by atoms with Crippen molar-refractivity contribution in [2.24, 2.45) is 0 Å². The van der Waals surface area contributed by atoms with E-state index < -0.39 is 11.9 Å². The third-order valence-corrected chi connectivity index (χ3v) is 1.94. The lowest BCUT2D eigenvalue weighted by molar-refractivity contribution is -0.143. The number of carbonyl (C=O) groups excluding carboxylic acids is 2. The molecule has 0 aromatic rings. The van der Waals surface area contributed by atoms with Gasteiger partial charge in [0.1, 0.15) is 0 Å². The van der Waals surface area contributed by atoms with Crippen molar-refractivity contribution in [3.8, 4) is 0 Å². The number of ether oxygens (including phenoxy) is 2. The number of aliphatic carboxylic acids is 1. The van der Waals surface area contributed by atoms with Gasteiger partial charge >= 0.3 is 17.9 Å². The van der Waals surface area contributed by atoms with Crippen LogP contribution >= 0.6 is 0 Å². The number of carbonyl (C=O) groups is 3. The predicted molar refractivity (Wildman–Crippen MR) is 62.8 cm³/mol. The topological polar surface area (TPSA) is 89.9 Å². The first-order valence-corrected chi connectivity index (χ1v) is 5.79. The zero-order valence-electron chi connectivity index (χ0n) is 10.4. The third kappa shape index (κ3) is 10.7. The van der Waals surface area contributed by atoms with Crippen molar-refractivity contribution in [3.63, 3.8) is 0 Å². The molecular weight excluding hydrogens is 240 g/mol. The second kappa shape index (κ2) is 10.3. The van der Waals surface area contributed by atoms with Gasteiger partial charge in [0.25, 0.3) is 0 Å². The van der Waals surface area contributed by atoms with Gasteiger partial charge in [-0.1, -0.05) is 0 Å². The van der Waals surface area contributed by atoms with Crippen molar-refractivity contribution in [1.29, 1.82) is 0 Å². The summed E-state index contributed by atoms with van der Waals surface area (Å²) in [5.74, 6) is -2.09. The molecule has 1 N–H and O–H groups in total. The zero-order valence-corrected chi connectivity index (χ0v) is 10.4. The van der Waals surface area contributed by atoms with Crippen LogP contribution in [0, 0.1) is 0 Å². The van der Waals surface area contributed by atoms with Crippen LogP contribution < -0.4 is 0 Å². The Bertz CT molecular complexity index is 308. The first-order valence-electron chi connectivity index (χ1n) is 5.79. The van der Waals surface area contributed by atoms with E-state index in [9.17, 15) is 14.4 Å². The summed E-state index contributed by atoms with van der Waals surface area (Å²) in [7, 11) is 0. The van der Waals surface area contributed by atoms with Gasteiger partial charge in [0, 0.05) is 18.6 Å². The molecule has 0 unspecified atom stereocenters. The molecule has 102 valence electrons. The summed E-state index contributed by atoms with van der Waals surface area (Å²) in [6.07, 6.45) is 4.01. The van der Waals surface area contributed by atoms with Crippen LogP contribution in [0.5, 0.6) is 0 Å². The Kier molecular flexibility index (Phi) is 9.25. The third-order valence-electron chi connectivity index (χ3n) is 1.94. The van der Waals surface area contributed by atoms with E-state index in [0.717, 1.165) is 18.6 Å². The summed E-state index contributed by atoms with van der Waals surface area (Å²) < 4.78 is 9.49. The maximum atomic E-state index is 11.0. The normalized spacial score (nSPS) is 10.3.